The molecule has 3 aliphatic rings. The van der Waals surface area contributed by atoms with Crippen LogP contribution in [-0.2, 0) is 12.0 Å². The molecule has 11 nitrogen and oxygen atoms in total. The van der Waals surface area contributed by atoms with Gasteiger partial charge in [-0.15, -0.1) is 0 Å². The average Bonchev–Trinajstić information content (AvgIpc) is 3.67. The molecule has 0 radical (unpaired) electrons. The molecule has 1 saturated carbocycles. The standard InChI is InChI=1S/C28H31FN6O5/c1-28(15-11-31-32-12-15)19-10-21(30-13-18(19)26(36)34-28)17-6-7-20(29)25-24(17)33-23(35(25)27(37)38)8-14-4-5-16(39-2)9-22(14)40-3/h4-5,9-13,17,20,23-25,33H,6-8H2,1-3H3,(H,31,32)(H,34,36)(H,37,38). The number of benzene rings is 1. The van der Waals surface area contributed by atoms with Gasteiger partial charge in [0.1, 0.15) is 17.7 Å². The van der Waals surface area contributed by atoms with Crippen molar-refractivity contribution in [3.63, 3.8) is 0 Å². The van der Waals surface area contributed by atoms with Crippen molar-refractivity contribution in [3.8, 4) is 11.5 Å². The molecule has 2 fully saturated rings. The Hall–Kier alpha value is -4.19. The lowest BCUT2D eigenvalue weighted by molar-refractivity contribution is 0.0710. The Balaban J connectivity index is 1.35. The minimum Gasteiger partial charge on any atom is -0.497 e. The summed E-state index contributed by atoms with van der Waals surface area (Å²) < 4.78 is 26.3. The number of methoxy groups -OCH3 is 2. The number of carboxylic acid groups (broad SMARTS) is 1. The first-order valence-corrected chi connectivity index (χ1v) is 13.2. The van der Waals surface area contributed by atoms with Crippen LogP contribution in [0.2, 0.25) is 0 Å². The second-order valence-corrected chi connectivity index (χ2v) is 10.7. The number of nitrogens with zero attached hydrogens (tertiary/aromatic N) is 3. The van der Waals surface area contributed by atoms with Crippen LogP contribution in [0.1, 0.15) is 58.4 Å². The Morgan fingerprint density at radius 1 is 1.23 bits per heavy atom. The van der Waals surface area contributed by atoms with Gasteiger partial charge in [0.2, 0.25) is 0 Å². The summed E-state index contributed by atoms with van der Waals surface area (Å²) in [6.07, 6.45) is 2.73. The van der Waals surface area contributed by atoms with Crippen LogP contribution in [0.5, 0.6) is 11.5 Å². The number of aromatic amines is 1. The van der Waals surface area contributed by atoms with E-state index in [9.17, 15) is 14.7 Å². The van der Waals surface area contributed by atoms with Gasteiger partial charge in [-0.1, -0.05) is 6.07 Å². The minimum absolute atomic E-state index is 0.199. The number of pyridine rings is 1. The molecule has 2 aromatic heterocycles. The first-order chi connectivity index (χ1) is 19.2. The van der Waals surface area contributed by atoms with E-state index >= 15 is 4.39 Å². The third-order valence-corrected chi connectivity index (χ3v) is 8.62. The van der Waals surface area contributed by atoms with Crippen LogP contribution in [0.4, 0.5) is 9.18 Å². The molecule has 3 aromatic rings. The largest absolute Gasteiger partial charge is 0.497 e. The zero-order valence-electron chi connectivity index (χ0n) is 22.3. The Labute approximate surface area is 230 Å². The van der Waals surface area contributed by atoms with E-state index in [1.807, 2.05) is 19.1 Å². The van der Waals surface area contributed by atoms with Crippen molar-refractivity contribution in [2.24, 2.45) is 0 Å². The number of hydrogen-bond donors (Lipinski definition) is 4. The normalized spacial score (nSPS) is 29.1. The molecule has 4 heterocycles. The Morgan fingerprint density at radius 3 is 2.75 bits per heavy atom. The Kier molecular flexibility index (Phi) is 6.37. The molecule has 12 heteroatoms. The number of aromatic nitrogens is 3. The Morgan fingerprint density at radius 2 is 2.05 bits per heavy atom. The molecule has 40 heavy (non-hydrogen) atoms. The fraction of sp³-hybridized carbons (Fsp3) is 0.429. The monoisotopic (exact) mass is 550 g/mol. The van der Waals surface area contributed by atoms with Crippen molar-refractivity contribution in [1.29, 1.82) is 0 Å². The highest BCUT2D eigenvalue weighted by molar-refractivity contribution is 6.00. The van der Waals surface area contributed by atoms with E-state index in [1.165, 1.54) is 4.90 Å². The minimum atomic E-state index is -1.33. The van der Waals surface area contributed by atoms with Crippen LogP contribution in [0.3, 0.4) is 0 Å². The smallest absolute Gasteiger partial charge is 0.408 e. The van der Waals surface area contributed by atoms with Gasteiger partial charge in [0.25, 0.3) is 5.91 Å². The van der Waals surface area contributed by atoms with Crippen molar-refractivity contribution in [3.05, 3.63) is 70.8 Å². The topological polar surface area (TPSA) is 142 Å². The maximum Gasteiger partial charge on any atom is 0.408 e. The summed E-state index contributed by atoms with van der Waals surface area (Å²) in [5, 5.41) is 23.5. The van der Waals surface area contributed by atoms with Crippen LogP contribution in [0.15, 0.2) is 42.9 Å². The summed E-state index contributed by atoms with van der Waals surface area (Å²) in [6, 6.07) is 5.85. The summed E-state index contributed by atoms with van der Waals surface area (Å²) in [5.41, 5.74) is 2.68. The predicted molar refractivity (Wildman–Crippen MR) is 141 cm³/mol. The molecular weight excluding hydrogens is 519 g/mol. The number of alkyl halides is 1. The number of H-pyrrole nitrogens is 1. The van der Waals surface area contributed by atoms with Gasteiger partial charge >= 0.3 is 6.09 Å². The zero-order chi connectivity index (χ0) is 28.2. The van der Waals surface area contributed by atoms with Gasteiger partial charge in [-0.3, -0.25) is 25.1 Å². The molecule has 1 aromatic carbocycles. The maximum absolute atomic E-state index is 15.5. The number of amides is 2. The quantitative estimate of drug-likeness (QED) is 0.367. The highest BCUT2D eigenvalue weighted by Gasteiger charge is 2.54. The third-order valence-electron chi connectivity index (χ3n) is 8.62. The number of halogens is 1. The predicted octanol–water partition coefficient (Wildman–Crippen LogP) is 2.93. The second kappa shape index (κ2) is 9.77. The number of rotatable bonds is 6. The van der Waals surface area contributed by atoms with E-state index in [-0.39, 0.29) is 24.7 Å². The van der Waals surface area contributed by atoms with Crippen molar-refractivity contribution in [2.45, 2.75) is 62.1 Å². The molecule has 4 N–H and O–H groups in total. The highest BCUT2D eigenvalue weighted by Crippen LogP contribution is 2.43. The van der Waals surface area contributed by atoms with Gasteiger partial charge in [0.15, 0.2) is 0 Å². The molecule has 210 valence electrons. The first kappa shape index (κ1) is 26.1. The first-order valence-electron chi connectivity index (χ1n) is 13.2. The van der Waals surface area contributed by atoms with Crippen LogP contribution < -0.4 is 20.1 Å². The van der Waals surface area contributed by atoms with Gasteiger partial charge in [0.05, 0.1) is 43.7 Å². The van der Waals surface area contributed by atoms with E-state index in [1.54, 1.807) is 44.9 Å². The van der Waals surface area contributed by atoms with Crippen LogP contribution in [0, 0.1) is 0 Å². The number of carbonyl (C=O) groups is 2. The van der Waals surface area contributed by atoms with Crippen molar-refractivity contribution in [1.82, 2.24) is 30.7 Å². The van der Waals surface area contributed by atoms with Crippen LogP contribution >= 0.6 is 0 Å². The molecule has 2 aliphatic heterocycles. The van der Waals surface area contributed by atoms with Gasteiger partial charge < -0.3 is 19.9 Å². The van der Waals surface area contributed by atoms with Crippen molar-refractivity contribution >= 4 is 12.0 Å². The van der Waals surface area contributed by atoms with E-state index < -0.39 is 36.1 Å². The molecule has 6 atom stereocenters. The Bertz CT molecular complexity index is 1450. The number of fused-ring (bicyclic) bond motifs is 2. The fourth-order valence-electron chi connectivity index (χ4n) is 6.59. The van der Waals surface area contributed by atoms with E-state index in [0.29, 0.717) is 29.2 Å². The van der Waals surface area contributed by atoms with Gasteiger partial charge in [-0.25, -0.2) is 9.18 Å². The summed E-state index contributed by atoms with van der Waals surface area (Å²) in [4.78, 5) is 31.1. The number of hydrogen-bond acceptors (Lipinski definition) is 7. The van der Waals surface area contributed by atoms with Gasteiger partial charge in [-0.05, 0) is 43.0 Å². The SMILES string of the molecule is COc1ccc(CC2NC3C(c4cc5c(cn4)C(=O)NC5(C)c4cn[nH]c4)CCC(F)C3N2C(=O)O)c(OC)c1. The molecule has 6 unspecified atom stereocenters. The van der Waals surface area contributed by atoms with Crippen LogP contribution in [-0.4, -0.2) is 75.8 Å². The lowest BCUT2D eigenvalue weighted by Crippen LogP contribution is -2.51. The van der Waals surface area contributed by atoms with Gasteiger partial charge in [-0.2, -0.15) is 5.10 Å². The summed E-state index contributed by atoms with van der Waals surface area (Å²) in [5.74, 6) is 0.681. The number of nitrogens with one attached hydrogen (secondary N) is 3. The third kappa shape index (κ3) is 4.05. The van der Waals surface area contributed by atoms with E-state index in [4.69, 9.17) is 9.47 Å². The molecule has 0 spiro atoms. The van der Waals surface area contributed by atoms with E-state index in [0.717, 1.165) is 16.7 Å². The average molecular weight is 551 g/mol. The molecule has 1 aliphatic carbocycles. The highest BCUT2D eigenvalue weighted by atomic mass is 19.1. The molecule has 2 amide bonds. The number of ether oxygens (including phenoxy) is 2. The fourth-order valence-corrected chi connectivity index (χ4v) is 6.59. The summed E-state index contributed by atoms with van der Waals surface area (Å²) in [7, 11) is 3.10. The van der Waals surface area contributed by atoms with Gasteiger partial charge in [0, 0.05) is 48.1 Å². The lowest BCUT2D eigenvalue weighted by atomic mass is 9.77. The van der Waals surface area contributed by atoms with E-state index in [2.05, 4.69) is 25.8 Å². The molecular formula is C28H31FN6O5. The van der Waals surface area contributed by atoms with Crippen molar-refractivity contribution < 1.29 is 28.6 Å². The molecule has 0 bridgehead atoms. The zero-order valence-corrected chi connectivity index (χ0v) is 22.3. The van der Waals surface area contributed by atoms with Crippen LogP contribution in [0.25, 0.3) is 0 Å². The molecule has 1 saturated heterocycles. The summed E-state index contributed by atoms with van der Waals surface area (Å²) >= 11 is 0. The molecule has 6 rings (SSSR count). The second-order valence-electron chi connectivity index (χ2n) is 10.7. The lowest BCUT2D eigenvalue weighted by Gasteiger charge is -2.38. The number of carbonyl (C=O) groups excluding carboxylic acids is 1. The van der Waals surface area contributed by atoms with Crippen molar-refractivity contribution in [2.75, 3.05) is 14.2 Å². The summed E-state index contributed by atoms with van der Waals surface area (Å²) in [6.45, 7) is 1.91. The maximum atomic E-state index is 15.5.